The standard InChI is InChI=1S/C7H5N3O2.HI/c11-10(12)9-5-8-6-3-1-2-4-7(6)9;/h1-5H;1H. The first kappa shape index (κ1) is 9.90. The average molecular weight is 291 g/mol. The third-order valence-corrected chi connectivity index (χ3v) is 1.61. The molecule has 0 aliphatic carbocycles. The summed E-state index contributed by atoms with van der Waals surface area (Å²) >= 11 is 0. The van der Waals surface area contributed by atoms with Gasteiger partial charge in [0.05, 0.1) is 5.52 Å². The Morgan fingerprint density at radius 2 is 2.08 bits per heavy atom. The number of rotatable bonds is 1. The van der Waals surface area contributed by atoms with Gasteiger partial charge in [-0.2, -0.15) is 0 Å². The predicted octanol–water partition coefficient (Wildman–Crippen LogP) is 1.69. The van der Waals surface area contributed by atoms with Gasteiger partial charge in [-0.15, -0.1) is 24.0 Å². The van der Waals surface area contributed by atoms with E-state index in [2.05, 4.69) is 4.98 Å². The van der Waals surface area contributed by atoms with Crippen LogP contribution in [0.5, 0.6) is 0 Å². The summed E-state index contributed by atoms with van der Waals surface area (Å²) in [6.45, 7) is 0. The minimum atomic E-state index is -0.505. The van der Waals surface area contributed by atoms with E-state index in [4.69, 9.17) is 0 Å². The number of imidazole rings is 1. The Morgan fingerprint density at radius 1 is 1.38 bits per heavy atom. The lowest BCUT2D eigenvalue weighted by atomic mass is 10.3. The molecule has 0 N–H and O–H groups in total. The van der Waals surface area contributed by atoms with Crippen LogP contribution in [0.1, 0.15) is 0 Å². The summed E-state index contributed by atoms with van der Waals surface area (Å²) in [7, 11) is 0. The number of nitrogens with zero attached hydrogens (tertiary/aromatic N) is 3. The molecule has 0 saturated heterocycles. The highest BCUT2D eigenvalue weighted by atomic mass is 127. The van der Waals surface area contributed by atoms with Crippen molar-refractivity contribution in [3.63, 3.8) is 0 Å². The van der Waals surface area contributed by atoms with E-state index < -0.39 is 5.03 Å². The smallest absolute Gasteiger partial charge is 0.171 e. The molecule has 0 atom stereocenters. The van der Waals surface area contributed by atoms with Crippen LogP contribution in [-0.2, 0) is 0 Å². The highest BCUT2D eigenvalue weighted by molar-refractivity contribution is 14.0. The molecule has 0 amide bonds. The van der Waals surface area contributed by atoms with Crippen molar-refractivity contribution in [3.8, 4) is 0 Å². The van der Waals surface area contributed by atoms with Crippen LogP contribution < -0.4 is 0 Å². The van der Waals surface area contributed by atoms with Gasteiger partial charge in [0.2, 0.25) is 0 Å². The molecule has 13 heavy (non-hydrogen) atoms. The molecule has 0 saturated carbocycles. The molecule has 6 heteroatoms. The Balaban J connectivity index is 0.000000845. The van der Waals surface area contributed by atoms with Crippen LogP contribution in [0.25, 0.3) is 11.0 Å². The third-order valence-electron chi connectivity index (χ3n) is 1.61. The molecular formula is C7H6IN3O2. The van der Waals surface area contributed by atoms with Gasteiger partial charge < -0.3 is 0 Å². The van der Waals surface area contributed by atoms with E-state index in [1.807, 2.05) is 0 Å². The largest absolute Gasteiger partial charge is 0.234 e. The maximum Gasteiger partial charge on any atom is 0.171 e. The third kappa shape index (κ3) is 1.62. The second-order valence-corrected chi connectivity index (χ2v) is 2.32. The van der Waals surface area contributed by atoms with Crippen LogP contribution in [0.3, 0.4) is 0 Å². The first-order valence-corrected chi connectivity index (χ1v) is 3.36. The lowest BCUT2D eigenvalue weighted by molar-refractivity contribution is -0.538. The fourth-order valence-corrected chi connectivity index (χ4v) is 1.08. The number of hydrogen-bond acceptors (Lipinski definition) is 3. The lowest BCUT2D eigenvalue weighted by Crippen LogP contribution is -2.05. The predicted molar refractivity (Wildman–Crippen MR) is 57.5 cm³/mol. The van der Waals surface area contributed by atoms with E-state index in [9.17, 15) is 10.1 Å². The molecule has 0 aliphatic heterocycles. The summed E-state index contributed by atoms with van der Waals surface area (Å²) in [6, 6.07) is 6.92. The molecule has 0 bridgehead atoms. The molecule has 1 aromatic carbocycles. The topological polar surface area (TPSA) is 61.0 Å². The number of aromatic nitrogens is 2. The number of para-hydroxylation sites is 2. The van der Waals surface area contributed by atoms with Crippen molar-refractivity contribution in [3.05, 3.63) is 40.7 Å². The summed E-state index contributed by atoms with van der Waals surface area (Å²) < 4.78 is 0.898. The maximum atomic E-state index is 10.4. The Morgan fingerprint density at radius 3 is 2.77 bits per heavy atom. The summed E-state index contributed by atoms with van der Waals surface area (Å²) in [6.07, 6.45) is 1.20. The number of hydrogen-bond donors (Lipinski definition) is 0. The van der Waals surface area contributed by atoms with Gasteiger partial charge in [0.1, 0.15) is 5.52 Å². The Hall–Kier alpha value is -1.18. The van der Waals surface area contributed by atoms with Gasteiger partial charge >= 0.3 is 0 Å². The highest BCUT2D eigenvalue weighted by Crippen LogP contribution is 2.10. The Bertz CT molecular complexity index is 440. The molecule has 1 heterocycles. The molecule has 0 unspecified atom stereocenters. The molecule has 2 aromatic rings. The zero-order valence-electron chi connectivity index (χ0n) is 6.45. The number of halogens is 1. The lowest BCUT2D eigenvalue weighted by Gasteiger charge is -1.89. The molecule has 0 aliphatic rings. The van der Waals surface area contributed by atoms with Crippen LogP contribution in [0, 0.1) is 10.1 Å². The molecule has 2 rings (SSSR count). The molecule has 0 radical (unpaired) electrons. The van der Waals surface area contributed by atoms with Crippen molar-refractivity contribution in [1.29, 1.82) is 0 Å². The van der Waals surface area contributed by atoms with E-state index in [1.165, 1.54) is 6.33 Å². The zero-order valence-corrected chi connectivity index (χ0v) is 8.78. The van der Waals surface area contributed by atoms with Gasteiger partial charge in [-0.05, 0) is 12.1 Å². The SMILES string of the molecule is I.O=[N+]([O-])n1cnc2ccccc21. The second kappa shape index (κ2) is 3.69. The number of benzene rings is 1. The van der Waals surface area contributed by atoms with E-state index >= 15 is 0 Å². The second-order valence-electron chi connectivity index (χ2n) is 2.32. The van der Waals surface area contributed by atoms with Crippen molar-refractivity contribution in [2.75, 3.05) is 0 Å². The summed E-state index contributed by atoms with van der Waals surface area (Å²) in [5.74, 6) is 0. The van der Waals surface area contributed by atoms with Crippen LogP contribution >= 0.6 is 24.0 Å². The monoisotopic (exact) mass is 291 g/mol. The number of nitro groups is 1. The van der Waals surface area contributed by atoms with Gasteiger partial charge in [-0.25, -0.2) is 15.1 Å². The minimum Gasteiger partial charge on any atom is -0.234 e. The maximum absolute atomic E-state index is 10.4. The van der Waals surface area contributed by atoms with Crippen LogP contribution in [0.2, 0.25) is 0 Å². The first-order valence-electron chi connectivity index (χ1n) is 3.36. The normalized spacial score (nSPS) is 9.54. The number of fused-ring (bicyclic) bond motifs is 1. The van der Waals surface area contributed by atoms with Crippen molar-refractivity contribution in [2.24, 2.45) is 0 Å². The summed E-state index contributed by atoms with van der Waals surface area (Å²) in [5.41, 5.74) is 1.15. The average Bonchev–Trinajstić information content (AvgIpc) is 2.47. The summed E-state index contributed by atoms with van der Waals surface area (Å²) in [4.78, 5) is 14.3. The van der Waals surface area contributed by atoms with Crippen molar-refractivity contribution in [1.82, 2.24) is 9.66 Å². The van der Waals surface area contributed by atoms with Crippen LogP contribution in [0.4, 0.5) is 0 Å². The molecule has 68 valence electrons. The van der Waals surface area contributed by atoms with Gasteiger partial charge in [-0.1, -0.05) is 16.8 Å². The van der Waals surface area contributed by atoms with Gasteiger partial charge in [0.25, 0.3) is 0 Å². The van der Waals surface area contributed by atoms with E-state index in [0.29, 0.717) is 11.0 Å². The molecule has 1 aromatic heterocycles. The molecule has 0 spiro atoms. The van der Waals surface area contributed by atoms with Gasteiger partial charge in [0.15, 0.2) is 11.4 Å². The fourth-order valence-electron chi connectivity index (χ4n) is 1.08. The molecule has 0 fully saturated rings. The van der Waals surface area contributed by atoms with Crippen LogP contribution in [-0.4, -0.2) is 14.7 Å². The van der Waals surface area contributed by atoms with Crippen molar-refractivity contribution in [2.45, 2.75) is 0 Å². The quantitative estimate of drug-likeness (QED) is 0.456. The van der Waals surface area contributed by atoms with Crippen LogP contribution in [0.15, 0.2) is 30.6 Å². The van der Waals surface area contributed by atoms with Gasteiger partial charge in [-0.3, -0.25) is 0 Å². The van der Waals surface area contributed by atoms with E-state index in [-0.39, 0.29) is 24.0 Å². The summed E-state index contributed by atoms with van der Waals surface area (Å²) in [5, 5.41) is 9.90. The molecular weight excluding hydrogens is 285 g/mol. The van der Waals surface area contributed by atoms with Crippen molar-refractivity contribution >= 4 is 35.0 Å². The Labute approximate surface area is 90.5 Å². The van der Waals surface area contributed by atoms with Crippen molar-refractivity contribution < 1.29 is 5.03 Å². The van der Waals surface area contributed by atoms with Gasteiger partial charge in [0, 0.05) is 0 Å². The highest BCUT2D eigenvalue weighted by Gasteiger charge is 2.07. The van der Waals surface area contributed by atoms with E-state index in [0.717, 1.165) is 4.68 Å². The minimum absolute atomic E-state index is 0. The Kier molecular flexibility index (Phi) is 2.81. The first-order chi connectivity index (χ1) is 5.79. The fraction of sp³-hybridized carbons (Fsp3) is 0. The molecule has 5 nitrogen and oxygen atoms in total. The zero-order chi connectivity index (χ0) is 8.55. The van der Waals surface area contributed by atoms with E-state index in [1.54, 1.807) is 24.3 Å².